The smallest absolute Gasteiger partial charge is 0.336 e. The maximum atomic E-state index is 12.0. The number of hydrogen-bond donors (Lipinski definition) is 0. The fourth-order valence-corrected chi connectivity index (χ4v) is 3.96. The summed E-state index contributed by atoms with van der Waals surface area (Å²) >= 11 is 0. The Hall–Kier alpha value is -2.43. The Morgan fingerprint density at radius 3 is 2.32 bits per heavy atom. The summed E-state index contributed by atoms with van der Waals surface area (Å²) in [5.41, 5.74) is 5.30. The van der Waals surface area contributed by atoms with E-state index in [4.69, 9.17) is 4.42 Å². The van der Waals surface area contributed by atoms with Crippen molar-refractivity contribution in [1.82, 2.24) is 9.80 Å². The molecule has 0 unspecified atom stereocenters. The van der Waals surface area contributed by atoms with Gasteiger partial charge in [-0.25, -0.2) is 4.79 Å². The van der Waals surface area contributed by atoms with Gasteiger partial charge >= 0.3 is 5.63 Å². The number of fused-ring (bicyclic) bond motifs is 1. The molecule has 0 spiro atoms. The van der Waals surface area contributed by atoms with Crippen molar-refractivity contribution in [2.75, 3.05) is 32.7 Å². The summed E-state index contributed by atoms with van der Waals surface area (Å²) in [6.45, 7) is 10.3. The Kier molecular flexibility index (Phi) is 5.60. The van der Waals surface area contributed by atoms with E-state index in [1.165, 1.54) is 11.1 Å². The molecule has 2 aromatic carbocycles. The minimum Gasteiger partial charge on any atom is -0.423 e. The molecule has 4 nitrogen and oxygen atoms in total. The van der Waals surface area contributed by atoms with Gasteiger partial charge in [-0.2, -0.15) is 0 Å². The van der Waals surface area contributed by atoms with Crippen LogP contribution >= 0.6 is 0 Å². The van der Waals surface area contributed by atoms with Crippen LogP contribution in [-0.4, -0.2) is 42.5 Å². The van der Waals surface area contributed by atoms with E-state index < -0.39 is 0 Å². The molecule has 146 valence electrons. The molecular formula is C24H28N2O2. The Morgan fingerprint density at radius 1 is 0.893 bits per heavy atom. The van der Waals surface area contributed by atoms with Gasteiger partial charge in [0.15, 0.2) is 0 Å². The van der Waals surface area contributed by atoms with Crippen molar-refractivity contribution in [3.63, 3.8) is 0 Å². The van der Waals surface area contributed by atoms with Crippen LogP contribution in [0, 0.1) is 13.8 Å². The first kappa shape index (κ1) is 18.9. The van der Waals surface area contributed by atoms with E-state index in [1.807, 2.05) is 6.07 Å². The normalized spacial score (nSPS) is 15.9. The molecule has 1 aliphatic rings. The standard InChI is InChI=1S/C24H28N2O2/c1-18-14-22-21(16-24(27)28-23(22)15-19(18)2)17-26-12-10-25(11-13-26)9-8-20-6-4-3-5-7-20/h3-7,14-16H,8-13,17H2,1-2H3. The van der Waals surface area contributed by atoms with Gasteiger partial charge in [-0.1, -0.05) is 30.3 Å². The molecule has 0 saturated carbocycles. The van der Waals surface area contributed by atoms with Crippen LogP contribution in [0.1, 0.15) is 22.3 Å². The summed E-state index contributed by atoms with van der Waals surface area (Å²) in [7, 11) is 0. The van der Waals surface area contributed by atoms with Gasteiger partial charge in [0.05, 0.1) is 0 Å². The zero-order valence-corrected chi connectivity index (χ0v) is 16.8. The summed E-state index contributed by atoms with van der Waals surface area (Å²) in [5, 5.41) is 1.06. The first-order valence-electron chi connectivity index (χ1n) is 10.1. The van der Waals surface area contributed by atoms with Crippen molar-refractivity contribution in [2.24, 2.45) is 0 Å². The van der Waals surface area contributed by atoms with Crippen molar-refractivity contribution >= 4 is 11.0 Å². The second-order valence-electron chi connectivity index (χ2n) is 7.88. The van der Waals surface area contributed by atoms with E-state index in [0.29, 0.717) is 5.58 Å². The lowest BCUT2D eigenvalue weighted by atomic mass is 10.0. The van der Waals surface area contributed by atoms with Crippen LogP contribution in [0.25, 0.3) is 11.0 Å². The van der Waals surface area contributed by atoms with Crippen molar-refractivity contribution in [1.29, 1.82) is 0 Å². The molecule has 28 heavy (non-hydrogen) atoms. The van der Waals surface area contributed by atoms with Crippen LogP contribution in [0.3, 0.4) is 0 Å². The fraction of sp³-hybridized carbons (Fsp3) is 0.375. The van der Waals surface area contributed by atoms with Crippen LogP contribution < -0.4 is 5.63 Å². The highest BCUT2D eigenvalue weighted by atomic mass is 16.4. The average molecular weight is 377 g/mol. The molecule has 1 saturated heterocycles. The largest absolute Gasteiger partial charge is 0.423 e. The highest BCUT2D eigenvalue weighted by Gasteiger charge is 2.18. The number of piperazine rings is 1. The molecule has 0 bridgehead atoms. The van der Waals surface area contributed by atoms with E-state index in [2.05, 4.69) is 60.0 Å². The molecule has 0 N–H and O–H groups in total. The monoisotopic (exact) mass is 376 g/mol. The second-order valence-corrected chi connectivity index (χ2v) is 7.88. The molecule has 3 aromatic rings. The Morgan fingerprint density at radius 2 is 1.57 bits per heavy atom. The predicted octanol–water partition coefficient (Wildman–Crippen LogP) is 3.77. The molecule has 0 atom stereocenters. The third-order valence-electron chi connectivity index (χ3n) is 5.86. The van der Waals surface area contributed by atoms with Crippen molar-refractivity contribution in [3.05, 3.63) is 81.2 Å². The zero-order valence-electron chi connectivity index (χ0n) is 16.8. The zero-order chi connectivity index (χ0) is 19.5. The van der Waals surface area contributed by atoms with E-state index in [0.717, 1.165) is 62.2 Å². The minimum absolute atomic E-state index is 0.257. The van der Waals surface area contributed by atoms with Crippen LogP contribution in [0.4, 0.5) is 0 Å². The lowest BCUT2D eigenvalue weighted by Crippen LogP contribution is -2.46. The number of nitrogens with zero attached hydrogens (tertiary/aromatic N) is 2. The molecule has 4 rings (SSSR count). The van der Waals surface area contributed by atoms with Gasteiger partial charge in [-0.3, -0.25) is 4.90 Å². The van der Waals surface area contributed by atoms with Gasteiger partial charge in [-0.15, -0.1) is 0 Å². The third kappa shape index (κ3) is 4.34. The van der Waals surface area contributed by atoms with Gasteiger partial charge in [0.2, 0.25) is 0 Å². The van der Waals surface area contributed by atoms with Crippen molar-refractivity contribution in [2.45, 2.75) is 26.8 Å². The van der Waals surface area contributed by atoms with E-state index in [-0.39, 0.29) is 5.63 Å². The number of aryl methyl sites for hydroxylation is 2. The Bertz CT molecular complexity index is 1000. The van der Waals surface area contributed by atoms with Crippen LogP contribution in [0.15, 0.2) is 57.7 Å². The quantitative estimate of drug-likeness (QED) is 0.635. The van der Waals surface area contributed by atoms with Gasteiger partial charge in [0, 0.05) is 50.7 Å². The number of benzene rings is 2. The number of hydrogen-bond acceptors (Lipinski definition) is 4. The highest BCUT2D eigenvalue weighted by molar-refractivity contribution is 5.81. The minimum atomic E-state index is -0.257. The molecule has 1 aliphatic heterocycles. The molecule has 0 aliphatic carbocycles. The lowest BCUT2D eigenvalue weighted by molar-refractivity contribution is 0.128. The summed E-state index contributed by atoms with van der Waals surface area (Å²) in [6.07, 6.45) is 1.10. The Balaban J connectivity index is 1.40. The molecule has 2 heterocycles. The van der Waals surface area contributed by atoms with Crippen LogP contribution in [0.5, 0.6) is 0 Å². The van der Waals surface area contributed by atoms with Crippen LogP contribution in [-0.2, 0) is 13.0 Å². The molecule has 0 amide bonds. The SMILES string of the molecule is Cc1cc2oc(=O)cc(CN3CCN(CCc4ccccc4)CC3)c2cc1C. The first-order valence-corrected chi connectivity index (χ1v) is 10.1. The number of rotatable bonds is 5. The average Bonchev–Trinajstić information content (AvgIpc) is 2.70. The van der Waals surface area contributed by atoms with Gasteiger partial charge in [0.25, 0.3) is 0 Å². The van der Waals surface area contributed by atoms with Gasteiger partial charge in [-0.05, 0) is 54.7 Å². The van der Waals surface area contributed by atoms with Crippen LogP contribution in [0.2, 0.25) is 0 Å². The second kappa shape index (κ2) is 8.29. The van der Waals surface area contributed by atoms with E-state index >= 15 is 0 Å². The summed E-state index contributed by atoms with van der Waals surface area (Å²) in [6, 6.07) is 16.5. The summed E-state index contributed by atoms with van der Waals surface area (Å²) < 4.78 is 5.44. The maximum absolute atomic E-state index is 12.0. The summed E-state index contributed by atoms with van der Waals surface area (Å²) in [4.78, 5) is 17.0. The topological polar surface area (TPSA) is 36.7 Å². The van der Waals surface area contributed by atoms with E-state index in [9.17, 15) is 4.79 Å². The molecule has 4 heteroatoms. The molecular weight excluding hydrogens is 348 g/mol. The first-order chi connectivity index (χ1) is 13.6. The van der Waals surface area contributed by atoms with Gasteiger partial charge in [0.1, 0.15) is 5.58 Å². The molecule has 1 fully saturated rings. The third-order valence-corrected chi connectivity index (χ3v) is 5.86. The van der Waals surface area contributed by atoms with E-state index in [1.54, 1.807) is 6.07 Å². The van der Waals surface area contributed by atoms with Gasteiger partial charge < -0.3 is 9.32 Å². The maximum Gasteiger partial charge on any atom is 0.336 e. The van der Waals surface area contributed by atoms with Crippen molar-refractivity contribution < 1.29 is 4.42 Å². The fourth-order valence-electron chi connectivity index (χ4n) is 3.96. The lowest BCUT2D eigenvalue weighted by Gasteiger charge is -2.34. The summed E-state index contributed by atoms with van der Waals surface area (Å²) in [5.74, 6) is 0. The Labute approximate surface area is 166 Å². The van der Waals surface area contributed by atoms with Crippen molar-refractivity contribution in [3.8, 4) is 0 Å². The predicted molar refractivity (Wildman–Crippen MR) is 114 cm³/mol. The highest BCUT2D eigenvalue weighted by Crippen LogP contribution is 2.23. The molecule has 1 aromatic heterocycles. The molecule has 0 radical (unpaired) electrons.